The first-order valence-electron chi connectivity index (χ1n) is 13.1. The summed E-state index contributed by atoms with van der Waals surface area (Å²) >= 11 is 0. The first kappa shape index (κ1) is 27.5. The van der Waals surface area contributed by atoms with Crippen molar-refractivity contribution in [3.8, 4) is 0 Å². The Balaban J connectivity index is 1.40. The summed E-state index contributed by atoms with van der Waals surface area (Å²) < 4.78 is 39.4. The quantitative estimate of drug-likeness (QED) is 0.449. The number of hydrogen-bond donors (Lipinski definition) is 2. The molecule has 1 fully saturated rings. The first-order valence-corrected chi connectivity index (χ1v) is 13.1. The highest BCUT2D eigenvalue weighted by atomic mass is 19.4. The van der Waals surface area contributed by atoms with Gasteiger partial charge in [0.2, 0.25) is 0 Å². The smallest absolute Gasteiger partial charge is 0.308 e. The third kappa shape index (κ3) is 5.47. The Morgan fingerprint density at radius 1 is 1.05 bits per heavy atom. The fourth-order valence-corrected chi connectivity index (χ4v) is 5.52. The van der Waals surface area contributed by atoms with Crippen LogP contribution in [0.1, 0.15) is 73.5 Å². The van der Waals surface area contributed by atoms with E-state index in [0.717, 1.165) is 30.5 Å². The van der Waals surface area contributed by atoms with Crippen LogP contribution in [0.3, 0.4) is 0 Å². The Morgan fingerprint density at radius 2 is 1.70 bits per heavy atom. The number of carbonyl (C=O) groups is 2. The van der Waals surface area contributed by atoms with Crippen LogP contribution in [0.2, 0.25) is 0 Å². The van der Waals surface area contributed by atoms with Crippen molar-refractivity contribution >= 4 is 23.5 Å². The molecular weight excluding hydrogens is 523 g/mol. The molecule has 3 aromatic rings. The summed E-state index contributed by atoms with van der Waals surface area (Å²) in [6, 6.07) is 11.4. The van der Waals surface area contributed by atoms with E-state index in [1.54, 1.807) is 29.2 Å². The standard InChI is InChI=1S/C28H30F3N7O2/c1-26(2,3)20-12-14-27(15-13-20)33-22(18-8-10-21(11-9-18)28(29,30)31)24(40)38(27)16-17-4-6-19(7-5-17)23(39)32-25-34-36-37-35-25/h4-11,20H,12-16H2,1-3H3,(H2,32,34,35,36,37,39). The van der Waals surface area contributed by atoms with Crippen LogP contribution in [0, 0.1) is 11.3 Å². The molecule has 5 rings (SSSR count). The summed E-state index contributed by atoms with van der Waals surface area (Å²) in [6.45, 7) is 6.88. The van der Waals surface area contributed by atoms with Gasteiger partial charge in [-0.15, -0.1) is 5.10 Å². The number of alkyl halides is 3. The highest BCUT2D eigenvalue weighted by Gasteiger charge is 2.50. The number of amides is 2. The number of nitrogens with zero attached hydrogens (tertiary/aromatic N) is 5. The number of aromatic amines is 1. The lowest BCUT2D eigenvalue weighted by Crippen LogP contribution is -2.49. The number of benzene rings is 2. The minimum atomic E-state index is -4.47. The zero-order valence-corrected chi connectivity index (χ0v) is 22.4. The lowest BCUT2D eigenvalue weighted by atomic mass is 9.69. The van der Waals surface area contributed by atoms with E-state index in [4.69, 9.17) is 4.99 Å². The third-order valence-electron chi connectivity index (χ3n) is 7.89. The average molecular weight is 554 g/mol. The molecule has 1 aliphatic heterocycles. The van der Waals surface area contributed by atoms with E-state index in [1.165, 1.54) is 12.1 Å². The summed E-state index contributed by atoms with van der Waals surface area (Å²) in [5.41, 5.74) is 0.292. The van der Waals surface area contributed by atoms with Crippen molar-refractivity contribution in [3.05, 3.63) is 70.8 Å². The minimum Gasteiger partial charge on any atom is -0.308 e. The molecule has 210 valence electrons. The fraction of sp³-hybridized carbons (Fsp3) is 0.429. The number of nitrogens with one attached hydrogen (secondary N) is 2. The van der Waals surface area contributed by atoms with Gasteiger partial charge in [-0.05, 0) is 72.1 Å². The van der Waals surface area contributed by atoms with Gasteiger partial charge in [-0.1, -0.05) is 50.1 Å². The van der Waals surface area contributed by atoms with E-state index in [-0.39, 0.29) is 29.5 Å². The molecule has 0 saturated heterocycles. The number of aliphatic imine (C=N–C) groups is 1. The van der Waals surface area contributed by atoms with Crippen molar-refractivity contribution in [3.63, 3.8) is 0 Å². The van der Waals surface area contributed by atoms with Crippen LogP contribution in [0.25, 0.3) is 0 Å². The zero-order chi connectivity index (χ0) is 28.7. The highest BCUT2D eigenvalue weighted by molar-refractivity contribution is 6.46. The molecule has 12 heteroatoms. The maximum atomic E-state index is 13.8. The van der Waals surface area contributed by atoms with Crippen LogP contribution in [0.15, 0.2) is 53.5 Å². The van der Waals surface area contributed by atoms with E-state index in [1.807, 2.05) is 0 Å². The van der Waals surface area contributed by atoms with Crippen molar-refractivity contribution in [2.45, 2.75) is 64.8 Å². The van der Waals surface area contributed by atoms with Crippen molar-refractivity contribution in [1.29, 1.82) is 0 Å². The van der Waals surface area contributed by atoms with Gasteiger partial charge < -0.3 is 4.90 Å². The molecule has 0 radical (unpaired) electrons. The molecule has 2 aliphatic rings. The van der Waals surface area contributed by atoms with Crippen LogP contribution in [-0.2, 0) is 17.5 Å². The van der Waals surface area contributed by atoms with Gasteiger partial charge in [0.1, 0.15) is 11.4 Å². The summed E-state index contributed by atoms with van der Waals surface area (Å²) in [7, 11) is 0. The lowest BCUT2D eigenvalue weighted by Gasteiger charge is -2.44. The van der Waals surface area contributed by atoms with Gasteiger partial charge in [0.05, 0.1) is 5.56 Å². The molecule has 2 N–H and O–H groups in total. The second kappa shape index (κ2) is 10.1. The van der Waals surface area contributed by atoms with Crippen molar-refractivity contribution in [2.24, 2.45) is 16.3 Å². The van der Waals surface area contributed by atoms with E-state index in [0.29, 0.717) is 29.9 Å². The summed E-state index contributed by atoms with van der Waals surface area (Å²) in [4.78, 5) is 32.9. The largest absolute Gasteiger partial charge is 0.416 e. The summed E-state index contributed by atoms with van der Waals surface area (Å²) in [5.74, 6) is -0.196. The van der Waals surface area contributed by atoms with E-state index in [2.05, 4.69) is 46.7 Å². The van der Waals surface area contributed by atoms with E-state index in [9.17, 15) is 22.8 Å². The number of halogens is 3. The predicted octanol–water partition coefficient (Wildman–Crippen LogP) is 5.23. The van der Waals surface area contributed by atoms with E-state index < -0.39 is 23.3 Å². The number of anilines is 1. The average Bonchev–Trinajstić information content (AvgIpc) is 3.51. The van der Waals surface area contributed by atoms with Gasteiger partial charge in [0.15, 0.2) is 0 Å². The van der Waals surface area contributed by atoms with Gasteiger partial charge in [-0.25, -0.2) is 0 Å². The molecule has 2 amide bonds. The second-order valence-corrected chi connectivity index (χ2v) is 11.4. The third-order valence-corrected chi connectivity index (χ3v) is 7.89. The molecule has 2 heterocycles. The predicted molar refractivity (Wildman–Crippen MR) is 141 cm³/mol. The van der Waals surface area contributed by atoms with Gasteiger partial charge >= 0.3 is 6.18 Å². The number of hydrogen-bond acceptors (Lipinski definition) is 6. The summed E-state index contributed by atoms with van der Waals surface area (Å²) in [6.07, 6.45) is -1.38. The molecule has 0 unspecified atom stereocenters. The number of rotatable bonds is 5. The van der Waals surface area contributed by atoms with Gasteiger partial charge in [-0.3, -0.25) is 19.9 Å². The molecule has 0 bridgehead atoms. The Morgan fingerprint density at radius 3 is 2.25 bits per heavy atom. The Labute approximate surface area is 229 Å². The number of tetrazole rings is 1. The Hall–Kier alpha value is -4.09. The normalized spacial score (nSPS) is 21.6. The zero-order valence-electron chi connectivity index (χ0n) is 22.4. The molecule has 1 spiro atoms. The van der Waals surface area contributed by atoms with Gasteiger partial charge in [0, 0.05) is 17.7 Å². The molecule has 1 aliphatic carbocycles. The number of carbonyl (C=O) groups excluding carboxylic acids is 2. The molecule has 1 saturated carbocycles. The van der Waals surface area contributed by atoms with Crippen molar-refractivity contribution in [1.82, 2.24) is 25.5 Å². The van der Waals surface area contributed by atoms with Crippen LogP contribution in [0.4, 0.5) is 19.1 Å². The van der Waals surface area contributed by atoms with Gasteiger partial charge in [0.25, 0.3) is 17.8 Å². The number of aromatic nitrogens is 4. The Bertz CT molecular complexity index is 1400. The highest BCUT2D eigenvalue weighted by Crippen LogP contribution is 2.47. The maximum Gasteiger partial charge on any atom is 0.416 e. The minimum absolute atomic E-state index is 0.0532. The first-order chi connectivity index (χ1) is 18.9. The molecule has 2 aromatic carbocycles. The lowest BCUT2D eigenvalue weighted by molar-refractivity contribution is -0.137. The number of H-pyrrole nitrogens is 1. The monoisotopic (exact) mass is 553 g/mol. The molecule has 9 nitrogen and oxygen atoms in total. The maximum absolute atomic E-state index is 13.8. The van der Waals surface area contributed by atoms with Gasteiger partial charge in [-0.2, -0.15) is 18.4 Å². The van der Waals surface area contributed by atoms with E-state index >= 15 is 0 Å². The van der Waals surface area contributed by atoms with Crippen molar-refractivity contribution < 1.29 is 22.8 Å². The topological polar surface area (TPSA) is 116 Å². The van der Waals surface area contributed by atoms with Crippen LogP contribution in [0.5, 0.6) is 0 Å². The second-order valence-electron chi connectivity index (χ2n) is 11.4. The van der Waals surface area contributed by atoms with Crippen LogP contribution in [-0.4, -0.2) is 48.7 Å². The summed E-state index contributed by atoms with van der Waals surface area (Å²) in [5, 5.41) is 15.6. The Kier molecular flexibility index (Phi) is 6.97. The fourth-order valence-electron chi connectivity index (χ4n) is 5.52. The van der Waals surface area contributed by atoms with Crippen LogP contribution >= 0.6 is 0 Å². The molecule has 1 aromatic heterocycles. The molecule has 0 atom stereocenters. The SMILES string of the molecule is CC(C)(C)C1CCC2(CC1)N=C(c1ccc(C(F)(F)F)cc1)C(=O)N2Cc1ccc(C(=O)Nc2nn[nH]n2)cc1. The van der Waals surface area contributed by atoms with Crippen molar-refractivity contribution in [2.75, 3.05) is 5.32 Å². The molecule has 40 heavy (non-hydrogen) atoms. The molecular formula is C28H30F3N7O2. The van der Waals surface area contributed by atoms with Crippen LogP contribution < -0.4 is 5.32 Å².